The number of aryl methyl sites for hydroxylation is 1. The van der Waals surface area contributed by atoms with Crippen LogP contribution in [0.4, 0.5) is 11.4 Å². The highest BCUT2D eigenvalue weighted by molar-refractivity contribution is 5.64. The summed E-state index contributed by atoms with van der Waals surface area (Å²) in [4.78, 5) is 12.9. The first-order valence-corrected chi connectivity index (χ1v) is 6.24. The highest BCUT2D eigenvalue weighted by atomic mass is 16.6. The molecule has 0 spiro atoms. The predicted octanol–water partition coefficient (Wildman–Crippen LogP) is 2.08. The van der Waals surface area contributed by atoms with Crippen LogP contribution < -0.4 is 10.6 Å². The second-order valence-electron chi connectivity index (χ2n) is 5.10. The summed E-state index contributed by atoms with van der Waals surface area (Å²) < 4.78 is 0. The van der Waals surface area contributed by atoms with Crippen molar-refractivity contribution in [3.63, 3.8) is 0 Å². The van der Waals surface area contributed by atoms with Gasteiger partial charge in [-0.05, 0) is 37.8 Å². The minimum atomic E-state index is -0.304. The zero-order valence-electron chi connectivity index (χ0n) is 10.8. The zero-order chi connectivity index (χ0) is 13.3. The predicted molar refractivity (Wildman–Crippen MR) is 71.8 cm³/mol. The Morgan fingerprint density at radius 1 is 1.56 bits per heavy atom. The van der Waals surface area contributed by atoms with Crippen LogP contribution in [0.3, 0.4) is 0 Å². The minimum Gasteiger partial charge on any atom is -0.366 e. The van der Waals surface area contributed by atoms with Crippen LogP contribution in [-0.4, -0.2) is 24.1 Å². The highest BCUT2D eigenvalue weighted by Gasteiger charge is 2.29. The standard InChI is InChI=1S/C13H19N3O2/c1-9-3-4-12(13(7-9)16(17)18)15-6-5-11(8-15)10(2)14/h3-4,7,10-11H,5-6,8,14H2,1-2H3. The molecule has 98 valence electrons. The molecule has 1 aromatic rings. The van der Waals surface area contributed by atoms with Gasteiger partial charge in [-0.3, -0.25) is 10.1 Å². The van der Waals surface area contributed by atoms with Crippen LogP contribution in [0.1, 0.15) is 18.9 Å². The maximum atomic E-state index is 11.1. The molecule has 0 aromatic heterocycles. The molecule has 2 rings (SSSR count). The maximum Gasteiger partial charge on any atom is 0.292 e. The number of benzene rings is 1. The summed E-state index contributed by atoms with van der Waals surface area (Å²) >= 11 is 0. The van der Waals surface area contributed by atoms with Crippen LogP contribution in [0.15, 0.2) is 18.2 Å². The molecule has 1 heterocycles. The van der Waals surface area contributed by atoms with Crippen LogP contribution in [0.25, 0.3) is 0 Å². The molecule has 5 nitrogen and oxygen atoms in total. The SMILES string of the molecule is Cc1ccc(N2CCC(C(C)N)C2)c([N+](=O)[O-])c1. The number of rotatable bonds is 3. The molecule has 18 heavy (non-hydrogen) atoms. The van der Waals surface area contributed by atoms with E-state index in [1.54, 1.807) is 6.07 Å². The third kappa shape index (κ3) is 2.46. The fourth-order valence-corrected chi connectivity index (χ4v) is 2.48. The number of nitro groups is 1. The Bertz CT molecular complexity index is 460. The number of hydrogen-bond donors (Lipinski definition) is 1. The van der Waals surface area contributed by atoms with Gasteiger partial charge in [-0.25, -0.2) is 0 Å². The molecule has 0 saturated carbocycles. The third-order valence-corrected chi connectivity index (χ3v) is 3.64. The molecule has 1 fully saturated rings. The molecule has 1 aromatic carbocycles. The average molecular weight is 249 g/mol. The normalized spacial score (nSPS) is 21.1. The van der Waals surface area contributed by atoms with Gasteiger partial charge in [0.25, 0.3) is 5.69 Å². The Labute approximate surface area is 107 Å². The maximum absolute atomic E-state index is 11.1. The molecule has 5 heteroatoms. The Balaban J connectivity index is 2.27. The fourth-order valence-electron chi connectivity index (χ4n) is 2.48. The number of nitrogens with two attached hydrogens (primary N) is 1. The van der Waals surface area contributed by atoms with E-state index in [-0.39, 0.29) is 16.7 Å². The van der Waals surface area contributed by atoms with Gasteiger partial charge < -0.3 is 10.6 Å². The molecule has 1 saturated heterocycles. The second-order valence-corrected chi connectivity index (χ2v) is 5.10. The number of nitrogens with zero attached hydrogens (tertiary/aromatic N) is 2. The lowest BCUT2D eigenvalue weighted by Gasteiger charge is -2.20. The van der Waals surface area contributed by atoms with E-state index < -0.39 is 0 Å². The second kappa shape index (κ2) is 4.94. The first-order valence-electron chi connectivity index (χ1n) is 6.24. The van der Waals surface area contributed by atoms with E-state index in [1.807, 2.05) is 26.0 Å². The Hall–Kier alpha value is -1.62. The van der Waals surface area contributed by atoms with Gasteiger partial charge in [-0.1, -0.05) is 6.07 Å². The van der Waals surface area contributed by atoms with Crippen molar-refractivity contribution in [2.75, 3.05) is 18.0 Å². The lowest BCUT2D eigenvalue weighted by atomic mass is 10.0. The van der Waals surface area contributed by atoms with Crippen molar-refractivity contribution >= 4 is 11.4 Å². The molecule has 0 bridgehead atoms. The van der Waals surface area contributed by atoms with Crippen molar-refractivity contribution in [1.82, 2.24) is 0 Å². The van der Waals surface area contributed by atoms with Crippen molar-refractivity contribution in [3.8, 4) is 0 Å². The minimum absolute atomic E-state index is 0.138. The summed E-state index contributed by atoms with van der Waals surface area (Å²) in [5.41, 5.74) is 7.72. The van der Waals surface area contributed by atoms with E-state index in [4.69, 9.17) is 5.73 Å². The van der Waals surface area contributed by atoms with Gasteiger partial charge in [-0.2, -0.15) is 0 Å². The van der Waals surface area contributed by atoms with Crippen LogP contribution in [0, 0.1) is 23.0 Å². The zero-order valence-corrected chi connectivity index (χ0v) is 10.8. The molecular weight excluding hydrogens is 230 g/mol. The molecule has 1 aliphatic heterocycles. The molecular formula is C13H19N3O2. The monoisotopic (exact) mass is 249 g/mol. The van der Waals surface area contributed by atoms with Crippen molar-refractivity contribution in [2.45, 2.75) is 26.3 Å². The Kier molecular flexibility index (Phi) is 3.52. The molecule has 2 unspecified atom stereocenters. The molecule has 1 aliphatic rings. The first kappa shape index (κ1) is 12.8. The van der Waals surface area contributed by atoms with Crippen LogP contribution in [0.2, 0.25) is 0 Å². The summed E-state index contributed by atoms with van der Waals surface area (Å²) in [5, 5.41) is 11.1. The van der Waals surface area contributed by atoms with Gasteiger partial charge in [0.1, 0.15) is 5.69 Å². The summed E-state index contributed by atoms with van der Waals surface area (Å²) in [6.45, 7) is 5.51. The molecule has 2 atom stereocenters. The topological polar surface area (TPSA) is 72.4 Å². The lowest BCUT2D eigenvalue weighted by Crippen LogP contribution is -2.29. The van der Waals surface area contributed by atoms with Crippen LogP contribution in [-0.2, 0) is 0 Å². The number of nitro benzene ring substituents is 1. The van der Waals surface area contributed by atoms with Crippen molar-refractivity contribution < 1.29 is 4.92 Å². The van der Waals surface area contributed by atoms with Crippen molar-refractivity contribution in [1.29, 1.82) is 0 Å². The van der Waals surface area contributed by atoms with Crippen LogP contribution in [0.5, 0.6) is 0 Å². The number of anilines is 1. The lowest BCUT2D eigenvalue weighted by molar-refractivity contribution is -0.384. The van der Waals surface area contributed by atoms with Crippen molar-refractivity contribution in [2.24, 2.45) is 11.7 Å². The van der Waals surface area contributed by atoms with Gasteiger partial charge in [-0.15, -0.1) is 0 Å². The summed E-state index contributed by atoms with van der Waals surface area (Å²) in [5.74, 6) is 0.422. The summed E-state index contributed by atoms with van der Waals surface area (Å²) in [6, 6.07) is 5.53. The smallest absolute Gasteiger partial charge is 0.292 e. The van der Waals surface area contributed by atoms with Gasteiger partial charge in [0.2, 0.25) is 0 Å². The van der Waals surface area contributed by atoms with E-state index >= 15 is 0 Å². The quantitative estimate of drug-likeness (QED) is 0.657. The van der Waals surface area contributed by atoms with E-state index in [9.17, 15) is 10.1 Å². The number of hydrogen-bond acceptors (Lipinski definition) is 4. The molecule has 0 radical (unpaired) electrons. The Morgan fingerprint density at radius 3 is 2.83 bits per heavy atom. The molecule has 0 amide bonds. The fraction of sp³-hybridized carbons (Fsp3) is 0.538. The first-order chi connectivity index (χ1) is 8.49. The summed E-state index contributed by atoms with van der Waals surface area (Å²) in [7, 11) is 0. The van der Waals surface area contributed by atoms with E-state index in [1.165, 1.54) is 0 Å². The van der Waals surface area contributed by atoms with Crippen molar-refractivity contribution in [3.05, 3.63) is 33.9 Å². The van der Waals surface area contributed by atoms with E-state index in [0.29, 0.717) is 11.6 Å². The molecule has 2 N–H and O–H groups in total. The Morgan fingerprint density at radius 2 is 2.28 bits per heavy atom. The van der Waals surface area contributed by atoms with Gasteiger partial charge in [0, 0.05) is 25.2 Å². The van der Waals surface area contributed by atoms with Gasteiger partial charge in [0.05, 0.1) is 4.92 Å². The largest absolute Gasteiger partial charge is 0.366 e. The van der Waals surface area contributed by atoms with E-state index in [0.717, 1.165) is 25.1 Å². The third-order valence-electron chi connectivity index (χ3n) is 3.64. The van der Waals surface area contributed by atoms with E-state index in [2.05, 4.69) is 4.90 Å². The van der Waals surface area contributed by atoms with Crippen LogP contribution >= 0.6 is 0 Å². The summed E-state index contributed by atoms with van der Waals surface area (Å²) in [6.07, 6.45) is 1.00. The average Bonchev–Trinajstić information content (AvgIpc) is 2.78. The highest BCUT2D eigenvalue weighted by Crippen LogP contribution is 2.33. The molecule has 0 aliphatic carbocycles. The van der Waals surface area contributed by atoms with Gasteiger partial charge in [0.15, 0.2) is 0 Å². The van der Waals surface area contributed by atoms with Gasteiger partial charge >= 0.3 is 0 Å².